The largest absolute Gasteiger partial charge is 0.384 e. The van der Waals surface area contributed by atoms with Crippen molar-refractivity contribution in [2.75, 3.05) is 55.3 Å². The van der Waals surface area contributed by atoms with Crippen LogP contribution in [0.1, 0.15) is 28.9 Å². The summed E-state index contributed by atoms with van der Waals surface area (Å²) in [6.07, 6.45) is 3.77. The predicted molar refractivity (Wildman–Crippen MR) is 156 cm³/mol. The Morgan fingerprint density at radius 3 is 2.54 bits per heavy atom. The average Bonchev–Trinajstić information content (AvgIpc) is 2.95. The highest BCUT2D eigenvalue weighted by Crippen LogP contribution is 2.24. The molecule has 0 spiro atoms. The topological polar surface area (TPSA) is 104 Å². The van der Waals surface area contributed by atoms with Gasteiger partial charge in [-0.1, -0.05) is 11.6 Å². The third-order valence-corrected chi connectivity index (χ3v) is 6.71. The summed E-state index contributed by atoms with van der Waals surface area (Å²) >= 11 is 6.09. The van der Waals surface area contributed by atoms with Gasteiger partial charge in [-0.15, -0.1) is 0 Å². The highest BCUT2D eigenvalue weighted by atomic mass is 35.5. The molecule has 4 aromatic rings. The molecule has 39 heavy (non-hydrogen) atoms. The van der Waals surface area contributed by atoms with Gasteiger partial charge in [-0.25, -0.2) is 4.98 Å². The van der Waals surface area contributed by atoms with E-state index in [2.05, 4.69) is 30.9 Å². The van der Waals surface area contributed by atoms with Crippen LogP contribution in [0, 0.1) is 6.92 Å². The van der Waals surface area contributed by atoms with Crippen molar-refractivity contribution < 1.29 is 9.53 Å². The van der Waals surface area contributed by atoms with Crippen LogP contribution in [0.2, 0.25) is 5.02 Å². The number of aromatic nitrogens is 3. The van der Waals surface area contributed by atoms with E-state index in [1.54, 1.807) is 6.20 Å². The third-order valence-electron chi connectivity index (χ3n) is 6.47. The first-order chi connectivity index (χ1) is 19.0. The number of aryl methyl sites for hydroxylation is 1. The Hall–Kier alpha value is -3.95. The van der Waals surface area contributed by atoms with Gasteiger partial charge in [-0.3, -0.25) is 9.78 Å². The molecule has 0 bridgehead atoms. The van der Waals surface area contributed by atoms with E-state index in [9.17, 15) is 4.79 Å². The normalized spacial score (nSPS) is 13.3. The van der Waals surface area contributed by atoms with E-state index in [0.29, 0.717) is 42.8 Å². The van der Waals surface area contributed by atoms with Crippen LogP contribution in [0.25, 0.3) is 10.9 Å². The van der Waals surface area contributed by atoms with E-state index in [1.165, 1.54) is 0 Å². The van der Waals surface area contributed by atoms with Gasteiger partial charge >= 0.3 is 0 Å². The number of hydrogen-bond donors (Lipinski definition) is 3. The number of carbonyl (C=O) groups excluding carboxylic acids is 1. The first-order valence-electron chi connectivity index (χ1n) is 13.2. The number of ether oxygens (including phenoxy) is 1. The maximum atomic E-state index is 12.7. The molecule has 0 atom stereocenters. The lowest BCUT2D eigenvalue weighted by Gasteiger charge is -2.26. The molecule has 3 N–H and O–H groups in total. The molecular formula is C29H32ClN7O2. The van der Waals surface area contributed by atoms with Crippen LogP contribution in [0.4, 0.5) is 23.1 Å². The molecule has 1 fully saturated rings. The zero-order valence-electron chi connectivity index (χ0n) is 21.9. The molecule has 2 aromatic heterocycles. The number of halogens is 1. The molecule has 0 saturated carbocycles. The number of morpholine rings is 1. The fraction of sp³-hybridized carbons (Fsp3) is 0.310. The minimum atomic E-state index is 0.0254. The predicted octanol–water partition coefficient (Wildman–Crippen LogP) is 5.51. The van der Waals surface area contributed by atoms with Gasteiger partial charge in [0.05, 0.1) is 18.7 Å². The first-order valence-corrected chi connectivity index (χ1v) is 13.5. The molecular weight excluding hydrogens is 514 g/mol. The number of hydrogen-bond acceptors (Lipinski definition) is 8. The van der Waals surface area contributed by atoms with E-state index in [-0.39, 0.29) is 5.91 Å². The Balaban J connectivity index is 1.09. The molecule has 1 aliphatic heterocycles. The lowest BCUT2D eigenvalue weighted by molar-refractivity contribution is 0.0303. The smallest absolute Gasteiger partial charge is 0.254 e. The Kier molecular flexibility index (Phi) is 8.70. The Bertz CT molecular complexity index is 1430. The number of nitrogens with one attached hydrogen (secondary N) is 3. The molecule has 1 aliphatic rings. The van der Waals surface area contributed by atoms with Crippen molar-refractivity contribution >= 4 is 51.6 Å². The van der Waals surface area contributed by atoms with Crippen molar-refractivity contribution in [3.63, 3.8) is 0 Å². The molecule has 3 heterocycles. The van der Waals surface area contributed by atoms with Crippen LogP contribution in [0.5, 0.6) is 0 Å². The van der Waals surface area contributed by atoms with Crippen LogP contribution >= 0.6 is 11.6 Å². The zero-order chi connectivity index (χ0) is 27.0. The van der Waals surface area contributed by atoms with Crippen LogP contribution in [-0.4, -0.2) is 65.2 Å². The Labute approximate surface area is 233 Å². The second-order valence-electron chi connectivity index (χ2n) is 9.41. The number of anilines is 4. The second-order valence-corrected chi connectivity index (χ2v) is 9.84. The number of fused-ring (bicyclic) bond motifs is 1. The summed E-state index contributed by atoms with van der Waals surface area (Å²) in [5, 5.41) is 11.9. The number of amides is 1. The van der Waals surface area contributed by atoms with Crippen molar-refractivity contribution in [3.05, 3.63) is 77.1 Å². The van der Waals surface area contributed by atoms with Gasteiger partial charge in [-0.05, 0) is 68.3 Å². The van der Waals surface area contributed by atoms with Crippen LogP contribution in [0.3, 0.4) is 0 Å². The van der Waals surface area contributed by atoms with E-state index in [0.717, 1.165) is 59.7 Å². The lowest BCUT2D eigenvalue weighted by atomic mass is 10.1. The van der Waals surface area contributed by atoms with Gasteiger partial charge in [-0.2, -0.15) is 4.98 Å². The van der Waals surface area contributed by atoms with Crippen LogP contribution in [-0.2, 0) is 4.74 Å². The average molecular weight is 546 g/mol. The number of nitrogens with zero attached hydrogens (tertiary/aromatic N) is 4. The van der Waals surface area contributed by atoms with Crippen LogP contribution < -0.4 is 16.0 Å². The monoisotopic (exact) mass is 545 g/mol. The van der Waals surface area contributed by atoms with E-state index in [4.69, 9.17) is 16.3 Å². The summed E-state index contributed by atoms with van der Waals surface area (Å²) in [6, 6.07) is 17.1. The van der Waals surface area contributed by atoms with E-state index < -0.39 is 0 Å². The number of benzene rings is 2. The van der Waals surface area contributed by atoms with Crippen molar-refractivity contribution in [2.45, 2.75) is 19.8 Å². The summed E-state index contributed by atoms with van der Waals surface area (Å²) in [4.78, 5) is 28.0. The Morgan fingerprint density at radius 1 is 0.974 bits per heavy atom. The highest BCUT2D eigenvalue weighted by Gasteiger charge is 2.18. The van der Waals surface area contributed by atoms with Crippen molar-refractivity contribution in [1.29, 1.82) is 0 Å². The third kappa shape index (κ3) is 7.13. The maximum absolute atomic E-state index is 12.7. The molecule has 5 rings (SSSR count). The number of pyridine rings is 1. The molecule has 9 nitrogen and oxygen atoms in total. The summed E-state index contributed by atoms with van der Waals surface area (Å²) in [5.41, 5.74) is 4.29. The number of carbonyl (C=O) groups is 1. The second kappa shape index (κ2) is 12.7. The highest BCUT2D eigenvalue weighted by molar-refractivity contribution is 6.31. The van der Waals surface area contributed by atoms with Gasteiger partial charge in [0, 0.05) is 71.5 Å². The molecule has 0 unspecified atom stereocenters. The summed E-state index contributed by atoms with van der Waals surface area (Å²) in [6.45, 7) is 6.01. The van der Waals surface area contributed by atoms with E-state index >= 15 is 0 Å². The van der Waals surface area contributed by atoms with Gasteiger partial charge in [0.2, 0.25) is 5.95 Å². The molecule has 1 amide bonds. The summed E-state index contributed by atoms with van der Waals surface area (Å²) in [7, 11) is 0. The fourth-order valence-electron chi connectivity index (χ4n) is 4.45. The van der Waals surface area contributed by atoms with Gasteiger partial charge in [0.15, 0.2) is 0 Å². The maximum Gasteiger partial charge on any atom is 0.254 e. The lowest BCUT2D eigenvalue weighted by Crippen LogP contribution is -2.40. The van der Waals surface area contributed by atoms with E-state index in [1.807, 2.05) is 66.4 Å². The summed E-state index contributed by atoms with van der Waals surface area (Å²) in [5.74, 6) is 1.31. The van der Waals surface area contributed by atoms with Crippen LogP contribution in [0.15, 0.2) is 60.8 Å². The zero-order valence-corrected chi connectivity index (χ0v) is 22.7. The minimum Gasteiger partial charge on any atom is -0.384 e. The standard InChI is InChI=1S/C29H32ClN7O2/c1-20-18-27(33-12-3-2-11-31-25-10-13-32-26-19-22(30)6-9-24(25)26)36-29(34-20)35-23-7-4-21(5-8-23)28(38)37-14-16-39-17-15-37/h4-10,13,18-19H,2-3,11-12,14-17H2,1H3,(H,31,32)(H2,33,34,35,36). The SMILES string of the molecule is Cc1cc(NCCCCNc2ccnc3cc(Cl)ccc23)nc(Nc2ccc(C(=O)N3CCOCC3)cc2)n1. The fourth-order valence-corrected chi connectivity index (χ4v) is 4.62. The molecule has 1 saturated heterocycles. The molecule has 0 aliphatic carbocycles. The van der Waals surface area contributed by atoms with Gasteiger partial charge in [0.25, 0.3) is 5.91 Å². The van der Waals surface area contributed by atoms with Crippen molar-refractivity contribution in [1.82, 2.24) is 19.9 Å². The van der Waals surface area contributed by atoms with Crippen molar-refractivity contribution in [2.24, 2.45) is 0 Å². The number of unbranched alkanes of at least 4 members (excludes halogenated alkanes) is 1. The quantitative estimate of drug-likeness (QED) is 0.224. The number of rotatable bonds is 10. The molecule has 2 aromatic carbocycles. The van der Waals surface area contributed by atoms with Gasteiger partial charge in [0.1, 0.15) is 5.82 Å². The minimum absolute atomic E-state index is 0.0254. The van der Waals surface area contributed by atoms with Crippen molar-refractivity contribution in [3.8, 4) is 0 Å². The summed E-state index contributed by atoms with van der Waals surface area (Å²) < 4.78 is 5.33. The Morgan fingerprint density at radius 2 is 1.74 bits per heavy atom. The first kappa shape index (κ1) is 26.6. The van der Waals surface area contributed by atoms with Gasteiger partial charge < -0.3 is 25.6 Å². The molecule has 202 valence electrons. The molecule has 0 radical (unpaired) electrons. The molecule has 10 heteroatoms.